The molecule has 0 aliphatic carbocycles. The summed E-state index contributed by atoms with van der Waals surface area (Å²) in [7, 11) is 1.69. The lowest BCUT2D eigenvalue weighted by Crippen LogP contribution is -3.13. The molecule has 0 amide bonds. The molecule has 27 heavy (non-hydrogen) atoms. The van der Waals surface area contributed by atoms with Crippen molar-refractivity contribution in [2.75, 3.05) is 38.2 Å². The summed E-state index contributed by atoms with van der Waals surface area (Å²) in [5.41, 5.74) is 3.75. The van der Waals surface area contributed by atoms with Gasteiger partial charge in [0.1, 0.15) is 23.6 Å². The first-order valence-corrected chi connectivity index (χ1v) is 9.35. The number of ether oxygens (including phenoxy) is 1. The van der Waals surface area contributed by atoms with Crippen LogP contribution in [-0.4, -0.2) is 42.7 Å². The molecule has 1 aliphatic heterocycles. The van der Waals surface area contributed by atoms with Gasteiger partial charge in [-0.05, 0) is 43.3 Å². The van der Waals surface area contributed by atoms with Crippen LogP contribution in [-0.2, 0) is 6.54 Å². The van der Waals surface area contributed by atoms with E-state index in [2.05, 4.69) is 17.0 Å². The van der Waals surface area contributed by atoms with Crippen LogP contribution in [0.4, 0.5) is 5.69 Å². The molecule has 0 atom stereocenters. The van der Waals surface area contributed by atoms with Gasteiger partial charge in [0, 0.05) is 17.4 Å². The minimum atomic E-state index is 0.00405. The highest BCUT2D eigenvalue weighted by Crippen LogP contribution is 2.19. The molecule has 4 rings (SSSR count). The maximum absolute atomic E-state index is 12.4. The van der Waals surface area contributed by atoms with E-state index in [0.29, 0.717) is 0 Å². The summed E-state index contributed by atoms with van der Waals surface area (Å²) in [6.07, 6.45) is 0. The summed E-state index contributed by atoms with van der Waals surface area (Å²) in [4.78, 5) is 21.0. The van der Waals surface area contributed by atoms with Crippen LogP contribution in [0.15, 0.2) is 53.3 Å². The number of nitrogens with one attached hydrogen (secondary N) is 1. The van der Waals surface area contributed by atoms with Crippen LogP contribution in [0.25, 0.3) is 5.65 Å². The Bertz CT molecular complexity index is 989. The normalized spacial score (nSPS) is 15.3. The lowest BCUT2D eigenvalue weighted by molar-refractivity contribution is -0.914. The third kappa shape index (κ3) is 3.66. The maximum atomic E-state index is 12.4. The fourth-order valence-corrected chi connectivity index (χ4v) is 3.76. The molecule has 0 saturated carbocycles. The zero-order chi connectivity index (χ0) is 18.8. The van der Waals surface area contributed by atoms with E-state index in [1.165, 1.54) is 10.6 Å². The summed E-state index contributed by atoms with van der Waals surface area (Å²) >= 11 is 0. The van der Waals surface area contributed by atoms with Crippen LogP contribution in [0.5, 0.6) is 5.75 Å². The number of pyridine rings is 1. The van der Waals surface area contributed by atoms with Crippen LogP contribution >= 0.6 is 0 Å². The number of nitrogens with zero attached hydrogens (tertiary/aromatic N) is 3. The van der Waals surface area contributed by atoms with Gasteiger partial charge in [0.2, 0.25) is 0 Å². The van der Waals surface area contributed by atoms with Crippen molar-refractivity contribution >= 4 is 11.3 Å². The number of quaternary nitrogens is 1. The molecule has 1 fully saturated rings. The molecule has 0 unspecified atom stereocenters. The molecule has 1 aromatic carbocycles. The average Bonchev–Trinajstić information content (AvgIpc) is 2.68. The Labute approximate surface area is 158 Å². The minimum Gasteiger partial charge on any atom is -0.497 e. The second-order valence-electron chi connectivity index (χ2n) is 7.06. The largest absolute Gasteiger partial charge is 0.497 e. The van der Waals surface area contributed by atoms with Gasteiger partial charge in [0.05, 0.1) is 33.3 Å². The van der Waals surface area contributed by atoms with Gasteiger partial charge in [-0.15, -0.1) is 0 Å². The summed E-state index contributed by atoms with van der Waals surface area (Å²) in [5, 5.41) is 0. The van der Waals surface area contributed by atoms with Crippen LogP contribution in [0.3, 0.4) is 0 Å². The lowest BCUT2D eigenvalue weighted by Gasteiger charge is -2.33. The van der Waals surface area contributed by atoms with E-state index in [1.54, 1.807) is 17.6 Å². The zero-order valence-corrected chi connectivity index (χ0v) is 15.8. The van der Waals surface area contributed by atoms with Crippen molar-refractivity contribution in [2.45, 2.75) is 13.5 Å². The molecule has 1 aliphatic rings. The van der Waals surface area contributed by atoms with Crippen molar-refractivity contribution in [1.29, 1.82) is 0 Å². The number of hydrogen-bond donors (Lipinski definition) is 1. The predicted octanol–water partition coefficient (Wildman–Crippen LogP) is 0.917. The highest BCUT2D eigenvalue weighted by atomic mass is 16.5. The molecule has 0 spiro atoms. The molecule has 140 valence electrons. The molecule has 1 N–H and O–H groups in total. The molecule has 1 saturated heterocycles. The summed E-state index contributed by atoms with van der Waals surface area (Å²) < 4.78 is 6.90. The van der Waals surface area contributed by atoms with Crippen molar-refractivity contribution in [3.05, 3.63) is 70.3 Å². The SMILES string of the molecule is COc1ccc(N2CC[NH+](Cc3cc(=O)n4c(C)cccc4n3)CC2)cc1. The minimum absolute atomic E-state index is 0.00405. The Morgan fingerprint density at radius 1 is 1.11 bits per heavy atom. The quantitative estimate of drug-likeness (QED) is 0.747. The highest BCUT2D eigenvalue weighted by Gasteiger charge is 2.21. The fourth-order valence-electron chi connectivity index (χ4n) is 3.76. The number of piperazine rings is 1. The molecule has 3 heterocycles. The van der Waals surface area contributed by atoms with E-state index in [9.17, 15) is 4.79 Å². The molecular weight excluding hydrogens is 340 g/mol. The van der Waals surface area contributed by atoms with E-state index in [0.717, 1.165) is 55.5 Å². The lowest BCUT2D eigenvalue weighted by atomic mass is 10.2. The predicted molar refractivity (Wildman–Crippen MR) is 106 cm³/mol. The highest BCUT2D eigenvalue weighted by molar-refractivity contribution is 5.49. The van der Waals surface area contributed by atoms with E-state index in [-0.39, 0.29) is 5.56 Å². The number of aryl methyl sites for hydroxylation is 1. The van der Waals surface area contributed by atoms with Gasteiger partial charge in [0.15, 0.2) is 0 Å². The van der Waals surface area contributed by atoms with Crippen LogP contribution in [0.2, 0.25) is 0 Å². The molecule has 0 radical (unpaired) electrons. The first-order chi connectivity index (χ1) is 13.1. The summed E-state index contributed by atoms with van der Waals surface area (Å²) in [6.45, 7) is 6.76. The number of fused-ring (bicyclic) bond motifs is 1. The fraction of sp³-hybridized carbons (Fsp3) is 0.333. The smallest absolute Gasteiger partial charge is 0.258 e. The van der Waals surface area contributed by atoms with E-state index in [4.69, 9.17) is 9.72 Å². The van der Waals surface area contributed by atoms with Gasteiger partial charge in [-0.1, -0.05) is 6.07 Å². The Hall–Kier alpha value is -2.86. The molecule has 0 bridgehead atoms. The molecule has 6 nitrogen and oxygen atoms in total. The Kier molecular flexibility index (Phi) is 4.81. The van der Waals surface area contributed by atoms with Crippen molar-refractivity contribution in [3.63, 3.8) is 0 Å². The summed E-state index contributed by atoms with van der Waals surface area (Å²) in [5.74, 6) is 0.881. The van der Waals surface area contributed by atoms with Crippen molar-refractivity contribution in [1.82, 2.24) is 9.38 Å². The second kappa shape index (κ2) is 7.40. The van der Waals surface area contributed by atoms with Crippen molar-refractivity contribution < 1.29 is 9.64 Å². The van der Waals surface area contributed by atoms with Gasteiger partial charge in [-0.25, -0.2) is 4.98 Å². The second-order valence-corrected chi connectivity index (χ2v) is 7.06. The van der Waals surface area contributed by atoms with Crippen LogP contribution < -0.4 is 20.1 Å². The third-order valence-electron chi connectivity index (χ3n) is 5.27. The number of hydrogen-bond acceptors (Lipinski definition) is 4. The molecule has 6 heteroatoms. The number of methoxy groups -OCH3 is 1. The average molecular weight is 365 g/mol. The first-order valence-electron chi connectivity index (χ1n) is 9.35. The third-order valence-corrected chi connectivity index (χ3v) is 5.27. The van der Waals surface area contributed by atoms with E-state index >= 15 is 0 Å². The Morgan fingerprint density at radius 3 is 2.56 bits per heavy atom. The van der Waals surface area contributed by atoms with Gasteiger partial charge >= 0.3 is 0 Å². The molecular formula is C21H25N4O2+. The maximum Gasteiger partial charge on any atom is 0.258 e. The van der Waals surface area contributed by atoms with Gasteiger partial charge < -0.3 is 14.5 Å². The number of anilines is 1. The Balaban J connectivity index is 1.43. The van der Waals surface area contributed by atoms with Crippen LogP contribution in [0, 0.1) is 6.92 Å². The summed E-state index contributed by atoms with van der Waals surface area (Å²) in [6, 6.07) is 15.7. The number of benzene rings is 1. The number of rotatable bonds is 4. The van der Waals surface area contributed by atoms with Crippen molar-refractivity contribution in [2.24, 2.45) is 0 Å². The van der Waals surface area contributed by atoms with Gasteiger partial charge in [-0.2, -0.15) is 0 Å². The zero-order valence-electron chi connectivity index (χ0n) is 15.8. The topological polar surface area (TPSA) is 51.3 Å². The van der Waals surface area contributed by atoms with E-state index in [1.807, 2.05) is 37.3 Å². The molecule has 2 aromatic heterocycles. The standard InChI is InChI=1S/C21H24N4O2/c1-16-4-3-5-20-22-17(14-21(26)25(16)20)15-23-10-12-24(13-11-23)18-6-8-19(27-2)9-7-18/h3-9,14H,10-13,15H2,1-2H3/p+1. The van der Waals surface area contributed by atoms with Gasteiger partial charge in [-0.3, -0.25) is 9.20 Å². The van der Waals surface area contributed by atoms with E-state index < -0.39 is 0 Å². The van der Waals surface area contributed by atoms with Crippen LogP contribution in [0.1, 0.15) is 11.4 Å². The monoisotopic (exact) mass is 365 g/mol. The van der Waals surface area contributed by atoms with Gasteiger partial charge in [0.25, 0.3) is 5.56 Å². The van der Waals surface area contributed by atoms with Crippen molar-refractivity contribution in [3.8, 4) is 5.75 Å². The Morgan fingerprint density at radius 2 is 1.85 bits per heavy atom. The number of aromatic nitrogens is 2. The first kappa shape index (κ1) is 17.5. The molecule has 3 aromatic rings.